The van der Waals surface area contributed by atoms with Crippen molar-refractivity contribution in [1.29, 1.82) is 0 Å². The van der Waals surface area contributed by atoms with Crippen molar-refractivity contribution in [2.75, 3.05) is 27.6 Å². The van der Waals surface area contributed by atoms with Gasteiger partial charge in [-0.05, 0) is 53.8 Å². The molecule has 2 aliphatic heterocycles. The van der Waals surface area contributed by atoms with Crippen molar-refractivity contribution in [3.05, 3.63) is 47.0 Å². The van der Waals surface area contributed by atoms with E-state index in [1.54, 1.807) is 14.2 Å². The van der Waals surface area contributed by atoms with Crippen LogP contribution in [-0.4, -0.2) is 38.4 Å². The van der Waals surface area contributed by atoms with Crippen LogP contribution in [0.4, 0.5) is 0 Å². The molecule has 0 fully saturated rings. The fourth-order valence-electron chi connectivity index (χ4n) is 3.60. The van der Waals surface area contributed by atoms with Crippen LogP contribution in [0.15, 0.2) is 30.3 Å². The predicted octanol–water partition coefficient (Wildman–Crippen LogP) is 2.95. The van der Waals surface area contributed by atoms with Gasteiger partial charge < -0.3 is 23.8 Å². The summed E-state index contributed by atoms with van der Waals surface area (Å²) in [6, 6.07) is 9.83. The Morgan fingerprint density at radius 2 is 1.78 bits per heavy atom. The van der Waals surface area contributed by atoms with Crippen molar-refractivity contribution < 1.29 is 23.7 Å². The van der Waals surface area contributed by atoms with E-state index in [1.807, 2.05) is 35.2 Å². The highest BCUT2D eigenvalue weighted by molar-refractivity contribution is 5.77. The van der Waals surface area contributed by atoms with Crippen LogP contribution in [0.5, 0.6) is 23.0 Å². The summed E-state index contributed by atoms with van der Waals surface area (Å²) in [7, 11) is 3.23. The van der Waals surface area contributed by atoms with Gasteiger partial charge in [0, 0.05) is 19.5 Å². The lowest BCUT2D eigenvalue weighted by Gasteiger charge is -2.29. The Labute approximate surface area is 158 Å². The highest BCUT2D eigenvalue weighted by atomic mass is 16.7. The van der Waals surface area contributed by atoms with E-state index < -0.39 is 0 Å². The maximum Gasteiger partial charge on any atom is 0.231 e. The molecule has 0 saturated heterocycles. The van der Waals surface area contributed by atoms with Crippen LogP contribution < -0.4 is 18.9 Å². The number of carbonyl (C=O) groups is 1. The molecule has 1 amide bonds. The molecular formula is C21H23NO5. The Morgan fingerprint density at radius 3 is 2.52 bits per heavy atom. The molecule has 142 valence electrons. The Bertz CT molecular complexity index is 864. The maximum absolute atomic E-state index is 12.7. The number of rotatable bonds is 5. The van der Waals surface area contributed by atoms with Crippen molar-refractivity contribution >= 4 is 5.91 Å². The summed E-state index contributed by atoms with van der Waals surface area (Å²) in [5.74, 6) is 3.12. The number of nitrogens with zero attached hydrogens (tertiary/aromatic N) is 1. The van der Waals surface area contributed by atoms with Gasteiger partial charge in [0.05, 0.1) is 14.2 Å². The molecular weight excluding hydrogens is 346 g/mol. The fourth-order valence-corrected chi connectivity index (χ4v) is 3.60. The number of hydrogen-bond acceptors (Lipinski definition) is 5. The maximum atomic E-state index is 12.7. The number of fused-ring (bicyclic) bond motifs is 2. The van der Waals surface area contributed by atoms with Crippen LogP contribution in [0.2, 0.25) is 0 Å². The third-order valence-corrected chi connectivity index (χ3v) is 5.14. The minimum Gasteiger partial charge on any atom is -0.493 e. The summed E-state index contributed by atoms with van der Waals surface area (Å²) in [6.07, 6.45) is 1.98. The molecule has 0 saturated carbocycles. The van der Waals surface area contributed by atoms with Crippen molar-refractivity contribution in [1.82, 2.24) is 4.90 Å². The summed E-state index contributed by atoms with van der Waals surface area (Å²) in [4.78, 5) is 14.6. The zero-order valence-corrected chi connectivity index (χ0v) is 15.6. The molecule has 0 spiro atoms. The first kappa shape index (κ1) is 17.5. The third-order valence-electron chi connectivity index (χ3n) is 5.14. The van der Waals surface area contributed by atoms with Gasteiger partial charge in [-0.3, -0.25) is 4.79 Å². The summed E-state index contributed by atoms with van der Waals surface area (Å²) < 4.78 is 21.5. The molecule has 0 N–H and O–H groups in total. The first-order valence-corrected chi connectivity index (χ1v) is 9.08. The van der Waals surface area contributed by atoms with E-state index in [2.05, 4.69) is 0 Å². The van der Waals surface area contributed by atoms with Crippen LogP contribution in [0.3, 0.4) is 0 Å². The lowest BCUT2D eigenvalue weighted by molar-refractivity contribution is -0.132. The van der Waals surface area contributed by atoms with E-state index in [4.69, 9.17) is 18.9 Å². The van der Waals surface area contributed by atoms with Gasteiger partial charge >= 0.3 is 0 Å². The molecule has 6 nitrogen and oxygen atoms in total. The normalized spacial score (nSPS) is 14.7. The minimum atomic E-state index is 0.160. The SMILES string of the molecule is COc1ccc(CCC(=O)N2CCc3cc4c(cc3C2)OCO4)cc1OC. The number of carbonyl (C=O) groups excluding carboxylic acids is 1. The number of hydrogen-bond donors (Lipinski definition) is 0. The Balaban J connectivity index is 1.39. The topological polar surface area (TPSA) is 57.2 Å². The van der Waals surface area contributed by atoms with Crippen LogP contribution in [-0.2, 0) is 24.2 Å². The molecule has 4 rings (SSSR count). The van der Waals surface area contributed by atoms with Crippen LogP contribution in [0, 0.1) is 0 Å². The highest BCUT2D eigenvalue weighted by Gasteiger charge is 2.24. The van der Waals surface area contributed by atoms with Crippen molar-refractivity contribution in [2.24, 2.45) is 0 Å². The number of amides is 1. The predicted molar refractivity (Wildman–Crippen MR) is 99.6 cm³/mol. The van der Waals surface area contributed by atoms with Crippen LogP contribution in [0.25, 0.3) is 0 Å². The highest BCUT2D eigenvalue weighted by Crippen LogP contribution is 2.37. The number of methoxy groups -OCH3 is 2. The first-order chi connectivity index (χ1) is 13.2. The van der Waals surface area contributed by atoms with Gasteiger partial charge in [-0.1, -0.05) is 6.07 Å². The third kappa shape index (κ3) is 3.52. The van der Waals surface area contributed by atoms with Crippen LogP contribution >= 0.6 is 0 Å². The average Bonchev–Trinajstić information content (AvgIpc) is 3.16. The molecule has 0 atom stereocenters. The van der Waals surface area contributed by atoms with Crippen molar-refractivity contribution in [3.63, 3.8) is 0 Å². The second-order valence-electron chi connectivity index (χ2n) is 6.73. The number of aryl methyl sites for hydroxylation is 1. The van der Waals surface area contributed by atoms with E-state index in [1.165, 1.54) is 5.56 Å². The number of ether oxygens (including phenoxy) is 4. The van der Waals surface area contributed by atoms with E-state index >= 15 is 0 Å². The second kappa shape index (κ2) is 7.39. The molecule has 6 heteroatoms. The molecule has 2 aromatic carbocycles. The van der Waals surface area contributed by atoms with E-state index in [-0.39, 0.29) is 12.7 Å². The van der Waals surface area contributed by atoms with E-state index in [9.17, 15) is 4.79 Å². The summed E-state index contributed by atoms with van der Waals surface area (Å²) in [5.41, 5.74) is 3.44. The molecule has 0 bridgehead atoms. The molecule has 2 heterocycles. The summed E-state index contributed by atoms with van der Waals surface area (Å²) in [5, 5.41) is 0. The van der Waals surface area contributed by atoms with E-state index in [0.717, 1.165) is 35.6 Å². The van der Waals surface area contributed by atoms with Gasteiger partial charge in [0.25, 0.3) is 0 Å². The molecule has 2 aromatic rings. The summed E-state index contributed by atoms with van der Waals surface area (Å²) in [6.45, 7) is 1.63. The largest absolute Gasteiger partial charge is 0.493 e. The van der Waals surface area contributed by atoms with Crippen LogP contribution in [0.1, 0.15) is 23.1 Å². The molecule has 0 aliphatic carbocycles. The Hall–Kier alpha value is -2.89. The van der Waals surface area contributed by atoms with Gasteiger partial charge in [0.1, 0.15) is 0 Å². The van der Waals surface area contributed by atoms with Gasteiger partial charge in [-0.2, -0.15) is 0 Å². The Kier molecular flexibility index (Phi) is 4.79. The lowest BCUT2D eigenvalue weighted by atomic mass is 9.98. The zero-order valence-electron chi connectivity index (χ0n) is 15.6. The quantitative estimate of drug-likeness (QED) is 0.811. The minimum absolute atomic E-state index is 0.160. The molecule has 0 aromatic heterocycles. The molecule has 0 unspecified atom stereocenters. The Morgan fingerprint density at radius 1 is 1.04 bits per heavy atom. The lowest BCUT2D eigenvalue weighted by Crippen LogP contribution is -2.36. The smallest absolute Gasteiger partial charge is 0.231 e. The number of benzene rings is 2. The monoisotopic (exact) mass is 369 g/mol. The fraction of sp³-hybridized carbons (Fsp3) is 0.381. The van der Waals surface area contributed by atoms with Gasteiger partial charge in [0.2, 0.25) is 12.7 Å². The molecule has 2 aliphatic rings. The standard InChI is InChI=1S/C21H23NO5/c1-24-17-5-3-14(9-18(17)25-2)4-6-21(23)22-8-7-15-10-19-20(27-13-26-19)11-16(15)12-22/h3,5,9-11H,4,6-8,12-13H2,1-2H3. The van der Waals surface area contributed by atoms with E-state index in [0.29, 0.717) is 30.9 Å². The average molecular weight is 369 g/mol. The van der Waals surface area contributed by atoms with Gasteiger partial charge in [-0.15, -0.1) is 0 Å². The molecule has 27 heavy (non-hydrogen) atoms. The summed E-state index contributed by atoms with van der Waals surface area (Å²) >= 11 is 0. The zero-order chi connectivity index (χ0) is 18.8. The second-order valence-corrected chi connectivity index (χ2v) is 6.73. The van der Waals surface area contributed by atoms with Gasteiger partial charge in [-0.25, -0.2) is 0 Å². The van der Waals surface area contributed by atoms with Gasteiger partial charge in [0.15, 0.2) is 23.0 Å². The first-order valence-electron chi connectivity index (χ1n) is 9.08. The van der Waals surface area contributed by atoms with Crippen molar-refractivity contribution in [3.8, 4) is 23.0 Å². The molecule has 0 radical (unpaired) electrons. The van der Waals surface area contributed by atoms with Crippen molar-refractivity contribution in [2.45, 2.75) is 25.8 Å².